The summed E-state index contributed by atoms with van der Waals surface area (Å²) >= 11 is 0. The molecule has 0 aliphatic carbocycles. The summed E-state index contributed by atoms with van der Waals surface area (Å²) in [6.07, 6.45) is 0.325. The van der Waals surface area contributed by atoms with Gasteiger partial charge in [0.1, 0.15) is 11.7 Å². The third-order valence-corrected chi connectivity index (χ3v) is 13.9. The fraction of sp³-hybridized carbons (Fsp3) is 0.438. The van der Waals surface area contributed by atoms with Gasteiger partial charge in [0.05, 0.1) is 25.6 Å². The van der Waals surface area contributed by atoms with Gasteiger partial charge in [0, 0.05) is 17.3 Å². The number of ether oxygens (including phenoxy) is 2. The lowest BCUT2D eigenvalue weighted by Gasteiger charge is -2.46. The van der Waals surface area contributed by atoms with E-state index >= 15 is 0 Å². The van der Waals surface area contributed by atoms with Gasteiger partial charge in [-0.1, -0.05) is 100 Å². The number of aromatic amines is 1. The van der Waals surface area contributed by atoms with Crippen LogP contribution in [0.5, 0.6) is 0 Å². The number of anilines is 1. The Balaban J connectivity index is 1.42. The van der Waals surface area contributed by atoms with E-state index in [4.69, 9.17) is 13.9 Å². The molecule has 2 fully saturated rings. The maximum absolute atomic E-state index is 12.9. The molecule has 1 amide bonds. The van der Waals surface area contributed by atoms with Crippen LogP contribution >= 0.6 is 0 Å². The second-order valence-corrected chi connectivity index (χ2v) is 17.4. The highest BCUT2D eigenvalue weighted by Gasteiger charge is 2.61. The van der Waals surface area contributed by atoms with Crippen molar-refractivity contribution in [2.75, 3.05) is 18.5 Å². The number of hydrogen-bond donors (Lipinski definition) is 2. The molecule has 46 heavy (non-hydrogen) atoms. The first kappa shape index (κ1) is 31.6. The van der Waals surface area contributed by atoms with Crippen molar-refractivity contribution in [1.82, 2.24) is 19.5 Å². The number of imidazole rings is 1. The molecule has 2 bridgehead atoms. The lowest BCUT2D eigenvalue weighted by atomic mass is 9.88. The monoisotopic (exact) mass is 642 g/mol. The number of carbonyl (C=O) groups excluding carboxylic acids is 1. The number of azide groups is 1. The van der Waals surface area contributed by atoms with Crippen molar-refractivity contribution < 1.29 is 18.7 Å². The molecule has 2 N–H and O–H groups in total. The van der Waals surface area contributed by atoms with Crippen LogP contribution in [0.3, 0.4) is 0 Å². The number of aromatic nitrogens is 4. The number of carbonyl (C=O) groups is 1. The topological polar surface area (TPSA) is 169 Å². The summed E-state index contributed by atoms with van der Waals surface area (Å²) in [6.45, 7) is 10.6. The molecule has 240 valence electrons. The Kier molecular flexibility index (Phi) is 8.34. The third-order valence-electron chi connectivity index (χ3n) is 8.92. The summed E-state index contributed by atoms with van der Waals surface area (Å²) in [4.78, 5) is 39.9. The molecule has 2 aliphatic rings. The molecule has 2 saturated heterocycles. The van der Waals surface area contributed by atoms with Gasteiger partial charge in [0.25, 0.3) is 13.9 Å². The standard InChI is InChI=1S/C32H38N8O5Si/c1-20(2)27(41)36-30-35-26-23(28(42)37-30)34-19-40(26)29-24-25(38-39-33)32(45-29,16-17-43-24)18-44-46(31(3,4)5,21-12-8-6-9-13-21)22-14-10-7-11-15-22/h6-15,19-20,24-25,29H,16-18H2,1-5H3,(H2,35,36,37,41,42)/t24-,25+,29-,32-/m1/s1. The number of amides is 1. The molecule has 2 aromatic heterocycles. The lowest BCUT2D eigenvalue weighted by Crippen LogP contribution is -2.68. The molecule has 2 aliphatic heterocycles. The minimum absolute atomic E-state index is 0.00355. The van der Waals surface area contributed by atoms with Crippen molar-refractivity contribution in [3.63, 3.8) is 0 Å². The Bertz CT molecular complexity index is 1790. The van der Waals surface area contributed by atoms with Crippen molar-refractivity contribution in [3.8, 4) is 0 Å². The van der Waals surface area contributed by atoms with Crippen LogP contribution < -0.4 is 21.2 Å². The minimum Gasteiger partial charge on any atom is -0.404 e. The summed E-state index contributed by atoms with van der Waals surface area (Å²) < 4.78 is 22.0. The number of fused-ring (bicyclic) bond motifs is 3. The van der Waals surface area contributed by atoms with Crippen LogP contribution in [0, 0.1) is 5.92 Å². The number of H-pyrrole nitrogens is 1. The van der Waals surface area contributed by atoms with Crippen LogP contribution in [0.1, 0.15) is 47.3 Å². The largest absolute Gasteiger partial charge is 0.404 e. The maximum atomic E-state index is 12.9. The zero-order valence-corrected chi connectivity index (χ0v) is 27.5. The maximum Gasteiger partial charge on any atom is 0.280 e. The summed E-state index contributed by atoms with van der Waals surface area (Å²) in [6, 6.07) is 19.8. The van der Waals surface area contributed by atoms with Gasteiger partial charge in [-0.15, -0.1) is 0 Å². The quantitative estimate of drug-likeness (QED) is 0.120. The van der Waals surface area contributed by atoms with E-state index in [1.807, 2.05) is 36.4 Å². The SMILES string of the molecule is CC(C)C(=O)Nc1nc2c(ncn2[C@@H]2O[C@@]3(CO[Si](c4ccccc4)(c4ccccc4)C(C)(C)C)CCO[C@@H]2[C@@H]3N=[N+]=[N-])c(=O)[nH]1. The molecule has 4 atom stereocenters. The third kappa shape index (κ3) is 5.31. The molecule has 0 spiro atoms. The molecular weight excluding hydrogens is 604 g/mol. The van der Waals surface area contributed by atoms with Crippen molar-refractivity contribution in [1.29, 1.82) is 0 Å². The van der Waals surface area contributed by atoms with Crippen LogP contribution in [0.4, 0.5) is 5.95 Å². The average molecular weight is 643 g/mol. The van der Waals surface area contributed by atoms with E-state index < -0.39 is 37.9 Å². The van der Waals surface area contributed by atoms with Gasteiger partial charge < -0.3 is 13.9 Å². The smallest absolute Gasteiger partial charge is 0.280 e. The fourth-order valence-electron chi connectivity index (χ4n) is 6.64. The number of nitrogens with zero attached hydrogens (tertiary/aromatic N) is 6. The van der Waals surface area contributed by atoms with Crippen LogP contribution in [0.25, 0.3) is 21.6 Å². The summed E-state index contributed by atoms with van der Waals surface area (Å²) in [7, 11) is -2.98. The van der Waals surface area contributed by atoms with Gasteiger partial charge >= 0.3 is 0 Å². The molecule has 4 aromatic rings. The van der Waals surface area contributed by atoms with Crippen molar-refractivity contribution in [2.45, 2.75) is 70.1 Å². The summed E-state index contributed by atoms with van der Waals surface area (Å²) in [5, 5.41) is 8.80. The zero-order chi connectivity index (χ0) is 32.7. The number of rotatable bonds is 9. The van der Waals surface area contributed by atoms with Gasteiger partial charge in [-0.2, -0.15) is 4.98 Å². The van der Waals surface area contributed by atoms with Gasteiger partial charge in [-0.05, 0) is 20.9 Å². The average Bonchev–Trinajstić information content (AvgIpc) is 3.51. The second kappa shape index (κ2) is 12.1. The molecule has 4 heterocycles. The Morgan fingerprint density at radius 1 is 1.20 bits per heavy atom. The van der Waals surface area contributed by atoms with Crippen molar-refractivity contribution in [3.05, 3.63) is 87.8 Å². The van der Waals surface area contributed by atoms with Crippen LogP contribution in [-0.4, -0.2) is 64.7 Å². The molecule has 0 radical (unpaired) electrons. The van der Waals surface area contributed by atoms with E-state index in [-0.39, 0.29) is 40.6 Å². The second-order valence-electron chi connectivity index (χ2n) is 13.1. The normalized spacial score (nSPS) is 23.0. The van der Waals surface area contributed by atoms with Crippen LogP contribution in [0.2, 0.25) is 5.04 Å². The Hall–Kier alpha value is -4.33. The van der Waals surface area contributed by atoms with Gasteiger partial charge in [-0.25, -0.2) is 4.98 Å². The minimum atomic E-state index is -2.98. The van der Waals surface area contributed by atoms with Gasteiger partial charge in [0.2, 0.25) is 11.9 Å². The number of hydrogen-bond acceptors (Lipinski definition) is 8. The zero-order valence-electron chi connectivity index (χ0n) is 26.5. The predicted octanol–water partition coefficient (Wildman–Crippen LogP) is 4.03. The molecule has 0 unspecified atom stereocenters. The molecule has 13 nitrogen and oxygen atoms in total. The van der Waals surface area contributed by atoms with Crippen molar-refractivity contribution >= 4 is 41.7 Å². The summed E-state index contributed by atoms with van der Waals surface area (Å²) in [5.74, 6) is -0.624. The van der Waals surface area contributed by atoms with E-state index in [2.05, 4.69) is 75.3 Å². The van der Waals surface area contributed by atoms with E-state index in [1.54, 1.807) is 18.4 Å². The Morgan fingerprint density at radius 3 is 2.43 bits per heavy atom. The highest BCUT2D eigenvalue weighted by atomic mass is 28.4. The first-order chi connectivity index (χ1) is 22.0. The van der Waals surface area contributed by atoms with E-state index in [0.29, 0.717) is 13.0 Å². The number of nitrogens with one attached hydrogen (secondary N) is 2. The number of benzene rings is 2. The molecule has 6 rings (SSSR count). The molecule has 0 saturated carbocycles. The highest BCUT2D eigenvalue weighted by Crippen LogP contribution is 2.48. The molecule has 2 aromatic carbocycles. The van der Waals surface area contributed by atoms with Crippen LogP contribution in [-0.2, 0) is 18.7 Å². The van der Waals surface area contributed by atoms with E-state index in [1.165, 1.54) is 6.33 Å². The lowest BCUT2D eigenvalue weighted by molar-refractivity contribution is -0.118. The first-order valence-electron chi connectivity index (χ1n) is 15.4. The fourth-order valence-corrected chi connectivity index (χ4v) is 11.3. The van der Waals surface area contributed by atoms with Crippen molar-refractivity contribution in [2.24, 2.45) is 11.0 Å². The van der Waals surface area contributed by atoms with E-state index in [0.717, 1.165) is 10.4 Å². The van der Waals surface area contributed by atoms with Crippen LogP contribution in [0.15, 0.2) is 76.9 Å². The molecular formula is C32H38N8O5Si. The predicted molar refractivity (Wildman–Crippen MR) is 175 cm³/mol. The Labute approximate surface area is 267 Å². The van der Waals surface area contributed by atoms with E-state index in [9.17, 15) is 15.1 Å². The van der Waals surface area contributed by atoms with Gasteiger partial charge in [0.15, 0.2) is 17.4 Å². The van der Waals surface area contributed by atoms with Gasteiger partial charge in [-0.3, -0.25) is 24.5 Å². The first-order valence-corrected chi connectivity index (χ1v) is 17.3. The Morgan fingerprint density at radius 2 is 1.85 bits per heavy atom. The summed E-state index contributed by atoms with van der Waals surface area (Å²) in [5.41, 5.74) is 8.42. The highest BCUT2D eigenvalue weighted by molar-refractivity contribution is 6.99. The molecule has 14 heteroatoms.